The van der Waals surface area contributed by atoms with Crippen molar-refractivity contribution in [1.29, 1.82) is 0 Å². The monoisotopic (exact) mass is 276 g/mol. The van der Waals surface area contributed by atoms with Gasteiger partial charge in [0.05, 0.1) is 11.8 Å². The van der Waals surface area contributed by atoms with Crippen molar-refractivity contribution in [2.24, 2.45) is 23.2 Å². The Kier molecular flexibility index (Phi) is 4.00. The fourth-order valence-corrected chi connectivity index (χ4v) is 2.56. The average molecular weight is 276 g/mol. The summed E-state index contributed by atoms with van der Waals surface area (Å²) in [6, 6.07) is 0. The topological polar surface area (TPSA) is 0 Å². The van der Waals surface area contributed by atoms with Crippen molar-refractivity contribution in [3.05, 3.63) is 0 Å². The van der Waals surface area contributed by atoms with E-state index in [0.717, 1.165) is 0 Å². The van der Waals surface area contributed by atoms with Gasteiger partial charge in [0.15, 0.2) is 0 Å². The summed E-state index contributed by atoms with van der Waals surface area (Å²) in [5, 5.41) is 0. The lowest BCUT2D eigenvalue weighted by Gasteiger charge is -2.42. The Morgan fingerprint density at radius 2 is 0.889 bits per heavy atom. The Hall–Kier alpha value is -0.420. The van der Waals surface area contributed by atoms with Crippen LogP contribution in [0.4, 0.5) is 26.3 Å². The van der Waals surface area contributed by atoms with Gasteiger partial charge in [-0.25, -0.2) is 0 Å². The number of rotatable bonds is 0. The van der Waals surface area contributed by atoms with Gasteiger partial charge >= 0.3 is 12.4 Å². The molecule has 1 rings (SSSR count). The van der Waals surface area contributed by atoms with Crippen LogP contribution in [0.3, 0.4) is 0 Å². The maximum atomic E-state index is 12.7. The van der Waals surface area contributed by atoms with Crippen LogP contribution in [-0.4, -0.2) is 12.4 Å². The molecular formula is C12H18F6. The molecule has 0 amide bonds. The molecule has 108 valence electrons. The fourth-order valence-electron chi connectivity index (χ4n) is 2.56. The Morgan fingerprint density at radius 1 is 0.611 bits per heavy atom. The minimum atomic E-state index is -4.53. The second kappa shape index (κ2) is 4.60. The number of alkyl halides is 6. The Bertz CT molecular complexity index is 229. The molecule has 18 heavy (non-hydrogen) atoms. The molecule has 0 N–H and O–H groups in total. The Labute approximate surface area is 103 Å². The van der Waals surface area contributed by atoms with E-state index in [0.29, 0.717) is 0 Å². The molecule has 0 saturated heterocycles. The molecule has 2 unspecified atom stereocenters. The van der Waals surface area contributed by atoms with Gasteiger partial charge in [-0.3, -0.25) is 0 Å². The van der Waals surface area contributed by atoms with Crippen LogP contribution in [0.25, 0.3) is 0 Å². The highest BCUT2D eigenvalue weighted by atomic mass is 19.4. The molecule has 1 aliphatic rings. The molecular weight excluding hydrogens is 258 g/mol. The van der Waals surface area contributed by atoms with Gasteiger partial charge in [-0.1, -0.05) is 20.8 Å². The van der Waals surface area contributed by atoms with E-state index in [-0.39, 0.29) is 12.8 Å². The molecule has 1 fully saturated rings. The summed E-state index contributed by atoms with van der Waals surface area (Å²) in [4.78, 5) is 0. The van der Waals surface area contributed by atoms with E-state index < -0.39 is 41.9 Å². The lowest BCUT2D eigenvalue weighted by atomic mass is 9.65. The third-order valence-corrected chi connectivity index (χ3v) is 3.86. The zero-order chi connectivity index (χ0) is 14.4. The van der Waals surface area contributed by atoms with Gasteiger partial charge < -0.3 is 0 Å². The zero-order valence-corrected chi connectivity index (χ0v) is 10.6. The van der Waals surface area contributed by atoms with E-state index in [1.165, 1.54) is 0 Å². The zero-order valence-electron chi connectivity index (χ0n) is 10.6. The molecule has 0 radical (unpaired) electrons. The van der Waals surface area contributed by atoms with E-state index in [1.54, 1.807) is 20.8 Å². The summed E-state index contributed by atoms with van der Waals surface area (Å²) in [7, 11) is 0. The van der Waals surface area contributed by atoms with Gasteiger partial charge in [0, 0.05) is 0 Å². The summed E-state index contributed by atoms with van der Waals surface area (Å²) in [6.45, 7) is 5.09. The summed E-state index contributed by atoms with van der Waals surface area (Å²) in [6.07, 6.45) is -10.3. The molecule has 1 aliphatic carbocycles. The Balaban J connectivity index is 2.93. The molecule has 0 aromatic rings. The average Bonchev–Trinajstić information content (AvgIpc) is 2.13. The van der Waals surface area contributed by atoms with E-state index in [2.05, 4.69) is 0 Å². The van der Waals surface area contributed by atoms with Crippen molar-refractivity contribution in [3.63, 3.8) is 0 Å². The van der Waals surface area contributed by atoms with Crippen LogP contribution in [0, 0.1) is 23.2 Å². The molecule has 1 saturated carbocycles. The standard InChI is InChI=1S/C12H18F6/c1-10(2,3)7-4-8(11(13,14)15)6-9(5-7)12(16,17)18/h7-9H,4-6H2,1-3H3. The van der Waals surface area contributed by atoms with Crippen molar-refractivity contribution in [3.8, 4) is 0 Å². The summed E-state index contributed by atoms with van der Waals surface area (Å²) in [5.74, 6) is -4.21. The van der Waals surface area contributed by atoms with Gasteiger partial charge in [-0.15, -0.1) is 0 Å². The minimum Gasteiger partial charge on any atom is -0.171 e. The molecule has 0 aliphatic heterocycles. The number of hydrogen-bond donors (Lipinski definition) is 0. The molecule has 0 aromatic carbocycles. The second-order valence-corrected chi connectivity index (χ2v) is 6.25. The van der Waals surface area contributed by atoms with Crippen molar-refractivity contribution >= 4 is 0 Å². The van der Waals surface area contributed by atoms with E-state index in [9.17, 15) is 26.3 Å². The first kappa shape index (κ1) is 15.6. The van der Waals surface area contributed by atoms with Crippen LogP contribution >= 0.6 is 0 Å². The predicted octanol–water partition coefficient (Wildman–Crippen LogP) is 5.19. The smallest absolute Gasteiger partial charge is 0.171 e. The van der Waals surface area contributed by atoms with Crippen molar-refractivity contribution in [1.82, 2.24) is 0 Å². The van der Waals surface area contributed by atoms with Crippen LogP contribution < -0.4 is 0 Å². The number of hydrogen-bond acceptors (Lipinski definition) is 0. The highest BCUT2D eigenvalue weighted by molar-refractivity contribution is 4.89. The molecule has 0 heterocycles. The minimum absolute atomic E-state index is 0.195. The lowest BCUT2D eigenvalue weighted by molar-refractivity contribution is -0.232. The maximum Gasteiger partial charge on any atom is 0.391 e. The van der Waals surface area contributed by atoms with Crippen LogP contribution in [-0.2, 0) is 0 Å². The van der Waals surface area contributed by atoms with Crippen LogP contribution in [0.2, 0.25) is 0 Å². The summed E-state index contributed by atoms with van der Waals surface area (Å²) >= 11 is 0. The molecule has 0 spiro atoms. The summed E-state index contributed by atoms with van der Waals surface area (Å²) in [5.41, 5.74) is -0.534. The lowest BCUT2D eigenvalue weighted by Crippen LogP contribution is -2.41. The highest BCUT2D eigenvalue weighted by Crippen LogP contribution is 2.51. The molecule has 2 atom stereocenters. The van der Waals surface area contributed by atoms with E-state index in [1.807, 2.05) is 0 Å². The van der Waals surface area contributed by atoms with Crippen LogP contribution in [0.5, 0.6) is 0 Å². The van der Waals surface area contributed by atoms with Crippen molar-refractivity contribution < 1.29 is 26.3 Å². The summed E-state index contributed by atoms with van der Waals surface area (Å²) < 4.78 is 76.2. The first-order valence-corrected chi connectivity index (χ1v) is 5.95. The van der Waals surface area contributed by atoms with Gasteiger partial charge in [-0.05, 0) is 30.6 Å². The third-order valence-electron chi connectivity index (χ3n) is 3.86. The SMILES string of the molecule is CC(C)(C)C1CC(C(F)(F)F)CC(C(F)(F)F)C1. The number of halogens is 6. The first-order valence-electron chi connectivity index (χ1n) is 5.95. The molecule has 6 heteroatoms. The molecule has 0 bridgehead atoms. The molecule has 0 aromatic heterocycles. The largest absolute Gasteiger partial charge is 0.391 e. The van der Waals surface area contributed by atoms with Gasteiger partial charge in [0.2, 0.25) is 0 Å². The maximum absolute atomic E-state index is 12.7. The highest BCUT2D eigenvalue weighted by Gasteiger charge is 2.53. The van der Waals surface area contributed by atoms with Crippen LogP contribution in [0.1, 0.15) is 40.0 Å². The second-order valence-electron chi connectivity index (χ2n) is 6.25. The van der Waals surface area contributed by atoms with Crippen molar-refractivity contribution in [2.45, 2.75) is 52.4 Å². The van der Waals surface area contributed by atoms with Crippen LogP contribution in [0.15, 0.2) is 0 Å². The predicted molar refractivity (Wildman–Crippen MR) is 55.9 cm³/mol. The third kappa shape index (κ3) is 3.79. The van der Waals surface area contributed by atoms with E-state index in [4.69, 9.17) is 0 Å². The normalized spacial score (nSPS) is 31.5. The van der Waals surface area contributed by atoms with Gasteiger partial charge in [-0.2, -0.15) is 26.3 Å². The van der Waals surface area contributed by atoms with E-state index >= 15 is 0 Å². The fraction of sp³-hybridized carbons (Fsp3) is 1.00. The quantitative estimate of drug-likeness (QED) is 0.534. The Morgan fingerprint density at radius 3 is 1.11 bits per heavy atom. The van der Waals surface area contributed by atoms with Gasteiger partial charge in [0.1, 0.15) is 0 Å². The first-order chi connectivity index (χ1) is 7.82. The van der Waals surface area contributed by atoms with Crippen molar-refractivity contribution in [2.75, 3.05) is 0 Å². The van der Waals surface area contributed by atoms with Gasteiger partial charge in [0.25, 0.3) is 0 Å². The molecule has 0 nitrogen and oxygen atoms in total.